The lowest BCUT2D eigenvalue weighted by atomic mass is 9.88. The Balaban J connectivity index is 1.50. The number of allylic oxidation sites excluding steroid dienone is 2. The van der Waals surface area contributed by atoms with E-state index in [1.165, 1.54) is 0 Å². The molecule has 200 valence electrons. The van der Waals surface area contributed by atoms with Gasteiger partial charge >= 0.3 is 6.09 Å². The summed E-state index contributed by atoms with van der Waals surface area (Å²) in [5.74, 6) is 0.399. The first kappa shape index (κ1) is 27.9. The summed E-state index contributed by atoms with van der Waals surface area (Å²) in [5, 5.41) is 40.2. The van der Waals surface area contributed by atoms with Gasteiger partial charge in [-0.25, -0.2) is 4.79 Å². The molecule has 1 heterocycles. The van der Waals surface area contributed by atoms with Crippen LogP contribution in [0.3, 0.4) is 0 Å². The van der Waals surface area contributed by atoms with Crippen molar-refractivity contribution in [3.63, 3.8) is 0 Å². The summed E-state index contributed by atoms with van der Waals surface area (Å²) in [6, 6.07) is 0.177. The Morgan fingerprint density at radius 3 is 2.63 bits per heavy atom. The second kappa shape index (κ2) is 13.1. The molecule has 0 aromatic carbocycles. The Labute approximate surface area is 206 Å². The predicted octanol–water partition coefficient (Wildman–Crippen LogP) is 0.908. The number of hydrogen-bond donors (Lipinski definition) is 5. The van der Waals surface area contributed by atoms with Crippen LogP contribution in [0.1, 0.15) is 39.5 Å². The van der Waals surface area contributed by atoms with Crippen LogP contribution in [0, 0.1) is 28.6 Å². The highest BCUT2D eigenvalue weighted by Crippen LogP contribution is 2.40. The van der Waals surface area contributed by atoms with E-state index in [-0.39, 0.29) is 19.1 Å². The highest BCUT2D eigenvalue weighted by Gasteiger charge is 2.47. The molecule has 5 N–H and O–H groups in total. The molecule has 2 aliphatic carbocycles. The van der Waals surface area contributed by atoms with Crippen LogP contribution in [0.15, 0.2) is 17.3 Å². The minimum atomic E-state index is -1.43. The molecule has 11 nitrogen and oxygen atoms in total. The Bertz CT molecular complexity index is 723. The molecule has 3 aliphatic rings. The minimum absolute atomic E-state index is 0.0565. The van der Waals surface area contributed by atoms with E-state index in [9.17, 15) is 25.0 Å². The molecule has 10 atom stereocenters. The highest BCUT2D eigenvalue weighted by molar-refractivity contribution is 5.67. The second-order valence-electron chi connectivity index (χ2n) is 10.3. The SMILES string of the molecule is CNC1CCC(OC2OC(CNC(=O)OCC3CC3C=CC(C)C)C(CN=O)C(O)C2O)C(O)C1. The van der Waals surface area contributed by atoms with E-state index in [0.717, 1.165) is 12.8 Å². The molecule has 0 spiro atoms. The molecule has 1 aliphatic heterocycles. The smallest absolute Gasteiger partial charge is 0.407 e. The molecule has 3 rings (SSSR count). The molecule has 11 heteroatoms. The Kier molecular flexibility index (Phi) is 10.4. The number of alkyl carbamates (subject to hydrolysis) is 1. The summed E-state index contributed by atoms with van der Waals surface area (Å²) < 4.78 is 17.0. The first-order valence-electron chi connectivity index (χ1n) is 12.6. The number of rotatable bonds is 11. The lowest BCUT2D eigenvalue weighted by molar-refractivity contribution is -0.304. The zero-order valence-corrected chi connectivity index (χ0v) is 20.8. The van der Waals surface area contributed by atoms with Crippen molar-refractivity contribution in [1.29, 1.82) is 0 Å². The fourth-order valence-electron chi connectivity index (χ4n) is 4.80. The van der Waals surface area contributed by atoms with E-state index in [0.29, 0.717) is 37.2 Å². The van der Waals surface area contributed by atoms with Crippen LogP contribution in [-0.2, 0) is 14.2 Å². The number of carbonyl (C=O) groups is 1. The third-order valence-corrected chi connectivity index (χ3v) is 7.21. The van der Waals surface area contributed by atoms with Gasteiger partial charge in [-0.15, -0.1) is 0 Å². The fraction of sp³-hybridized carbons (Fsp3) is 0.875. The highest BCUT2D eigenvalue weighted by atomic mass is 16.7. The van der Waals surface area contributed by atoms with E-state index in [2.05, 4.69) is 41.8 Å². The summed E-state index contributed by atoms with van der Waals surface area (Å²) >= 11 is 0. The summed E-state index contributed by atoms with van der Waals surface area (Å²) in [6.45, 7) is 4.18. The van der Waals surface area contributed by atoms with Gasteiger partial charge in [0.2, 0.25) is 0 Å². The molecule has 3 fully saturated rings. The quantitative estimate of drug-likeness (QED) is 0.206. The van der Waals surface area contributed by atoms with Crippen LogP contribution in [0.2, 0.25) is 0 Å². The summed E-state index contributed by atoms with van der Waals surface area (Å²) in [7, 11) is 1.83. The van der Waals surface area contributed by atoms with Crippen molar-refractivity contribution >= 4 is 6.09 Å². The Morgan fingerprint density at radius 2 is 1.97 bits per heavy atom. The maximum atomic E-state index is 12.2. The van der Waals surface area contributed by atoms with Crippen LogP contribution in [0.4, 0.5) is 4.79 Å². The Hall–Kier alpha value is -1.63. The number of nitroso groups, excluding NO2 is 1. The fourth-order valence-corrected chi connectivity index (χ4v) is 4.80. The molecule has 1 saturated heterocycles. The van der Waals surface area contributed by atoms with Gasteiger partial charge in [-0.1, -0.05) is 31.2 Å². The molecular weight excluding hydrogens is 458 g/mol. The standard InChI is InChI=1S/C24H41N3O8/c1-13(2)4-5-14-8-15(14)12-33-24(31)26-11-20-17(10-27-32)21(29)22(30)23(35-20)34-19-7-6-16(25-3)9-18(19)28/h4-5,13-23,25,28-30H,6-12H2,1-3H3,(H,26,31). The maximum absolute atomic E-state index is 12.2. The van der Waals surface area contributed by atoms with Gasteiger partial charge in [-0.2, -0.15) is 4.91 Å². The maximum Gasteiger partial charge on any atom is 0.407 e. The number of nitrogens with zero attached hydrogens (tertiary/aromatic N) is 1. The molecule has 0 aromatic heterocycles. The van der Waals surface area contributed by atoms with Crippen molar-refractivity contribution in [1.82, 2.24) is 10.6 Å². The zero-order chi connectivity index (χ0) is 25.5. The van der Waals surface area contributed by atoms with Crippen molar-refractivity contribution in [3.05, 3.63) is 17.1 Å². The van der Waals surface area contributed by atoms with Gasteiger partial charge in [0.05, 0.1) is 37.6 Å². The van der Waals surface area contributed by atoms with Crippen LogP contribution in [0.25, 0.3) is 0 Å². The van der Waals surface area contributed by atoms with Gasteiger partial charge in [-0.3, -0.25) is 0 Å². The van der Waals surface area contributed by atoms with Gasteiger partial charge in [0.25, 0.3) is 0 Å². The molecule has 0 radical (unpaired) electrons. The first-order chi connectivity index (χ1) is 16.7. The monoisotopic (exact) mass is 499 g/mol. The average Bonchev–Trinajstić information content (AvgIpc) is 3.59. The number of nitrogens with one attached hydrogen (secondary N) is 2. The number of ether oxygens (including phenoxy) is 3. The average molecular weight is 500 g/mol. The third kappa shape index (κ3) is 7.93. The molecule has 0 aromatic rings. The first-order valence-corrected chi connectivity index (χ1v) is 12.6. The topological polar surface area (TPSA) is 159 Å². The normalized spacial score (nSPS) is 39.5. The third-order valence-electron chi connectivity index (χ3n) is 7.21. The van der Waals surface area contributed by atoms with Gasteiger partial charge in [-0.05, 0) is 44.6 Å². The number of aliphatic hydroxyl groups is 3. The molecule has 10 unspecified atom stereocenters. The van der Waals surface area contributed by atoms with Crippen molar-refractivity contribution in [2.24, 2.45) is 28.8 Å². The lowest BCUT2D eigenvalue weighted by Gasteiger charge is -2.44. The van der Waals surface area contributed by atoms with E-state index in [1.807, 2.05) is 7.05 Å². The van der Waals surface area contributed by atoms with Gasteiger partial charge in [0.1, 0.15) is 6.10 Å². The summed E-state index contributed by atoms with van der Waals surface area (Å²) in [5.41, 5.74) is 0. The van der Waals surface area contributed by atoms with Crippen LogP contribution >= 0.6 is 0 Å². The Morgan fingerprint density at radius 1 is 1.20 bits per heavy atom. The summed E-state index contributed by atoms with van der Waals surface area (Å²) in [6.07, 6.45) is 0.363. The number of aliphatic hydroxyl groups excluding tert-OH is 3. The number of hydrogen-bond acceptors (Lipinski definition) is 10. The van der Waals surface area contributed by atoms with Crippen molar-refractivity contribution in [2.75, 3.05) is 26.7 Å². The number of amides is 1. The van der Waals surface area contributed by atoms with E-state index >= 15 is 0 Å². The number of carbonyl (C=O) groups excluding carboxylic acids is 1. The minimum Gasteiger partial charge on any atom is -0.449 e. The molecule has 0 bridgehead atoms. The van der Waals surface area contributed by atoms with Crippen LogP contribution < -0.4 is 10.6 Å². The largest absolute Gasteiger partial charge is 0.449 e. The van der Waals surface area contributed by atoms with Gasteiger partial charge in [0.15, 0.2) is 6.29 Å². The molecular formula is C24H41N3O8. The summed E-state index contributed by atoms with van der Waals surface area (Å²) in [4.78, 5) is 23.2. The predicted molar refractivity (Wildman–Crippen MR) is 127 cm³/mol. The second-order valence-corrected chi connectivity index (χ2v) is 10.3. The van der Waals surface area contributed by atoms with Crippen molar-refractivity contribution in [2.45, 2.75) is 82.4 Å². The zero-order valence-electron chi connectivity index (χ0n) is 20.8. The van der Waals surface area contributed by atoms with E-state index in [1.54, 1.807) is 0 Å². The van der Waals surface area contributed by atoms with Crippen LogP contribution in [-0.4, -0.2) is 91.0 Å². The van der Waals surface area contributed by atoms with Crippen molar-refractivity contribution in [3.8, 4) is 0 Å². The molecule has 2 saturated carbocycles. The van der Waals surface area contributed by atoms with E-state index < -0.39 is 48.8 Å². The van der Waals surface area contributed by atoms with Gasteiger partial charge in [0, 0.05) is 24.4 Å². The van der Waals surface area contributed by atoms with Gasteiger partial charge < -0.3 is 40.2 Å². The molecule has 1 amide bonds. The van der Waals surface area contributed by atoms with Crippen molar-refractivity contribution < 1.29 is 34.3 Å². The molecule has 35 heavy (non-hydrogen) atoms. The van der Waals surface area contributed by atoms with Crippen LogP contribution in [0.5, 0.6) is 0 Å². The van der Waals surface area contributed by atoms with E-state index in [4.69, 9.17) is 14.2 Å². The lowest BCUT2D eigenvalue weighted by Crippen LogP contribution is -2.60.